The molecule has 1 N–H and O–H groups in total. The zero-order valence-corrected chi connectivity index (χ0v) is 12.7. The van der Waals surface area contributed by atoms with E-state index >= 15 is 0 Å². The average molecular weight is 286 g/mol. The lowest BCUT2D eigenvalue weighted by atomic mass is 9.90. The summed E-state index contributed by atoms with van der Waals surface area (Å²) in [7, 11) is 0. The molecule has 0 fully saturated rings. The Balaban J connectivity index is 2.88. The van der Waals surface area contributed by atoms with Gasteiger partial charge in [0.2, 0.25) is 0 Å². The first-order chi connectivity index (χ1) is 9.86. The first-order valence-electron chi connectivity index (χ1n) is 6.96. The smallest absolute Gasteiger partial charge is 0.188 e. The molecule has 0 aliphatic rings. The summed E-state index contributed by atoms with van der Waals surface area (Å²) >= 11 is 0. The molecule has 0 saturated carbocycles. The van der Waals surface area contributed by atoms with Gasteiger partial charge < -0.3 is 5.11 Å². The van der Waals surface area contributed by atoms with Crippen LogP contribution in [0.4, 0.5) is 0 Å². The molecule has 0 aromatic heterocycles. The summed E-state index contributed by atoms with van der Waals surface area (Å²) in [6.07, 6.45) is 1.17. The van der Waals surface area contributed by atoms with Crippen molar-refractivity contribution in [1.29, 1.82) is 0 Å². The number of Topliss-reactive ketones (excluding diaryl/α,β-unsaturated/α-hetero) is 2. The van der Waals surface area contributed by atoms with E-state index in [1.165, 1.54) is 6.92 Å². The molecular formula is C18H22O3. The summed E-state index contributed by atoms with van der Waals surface area (Å²) in [5, 5.41) is 9.55. The standard InChI is InChI=1S/C18H22O3/c1-12(2)18(21)16-7-5-6-15(10-16)17(11-19)9-8-13(3)14(4)20/h5-7,10,17,19H,1,3,8-9,11H2,2,4H3/t17-/m1/s1. The van der Waals surface area contributed by atoms with Crippen LogP contribution in [0.15, 0.2) is 48.6 Å². The number of aliphatic hydroxyl groups is 1. The van der Waals surface area contributed by atoms with E-state index in [1.807, 2.05) is 6.07 Å². The van der Waals surface area contributed by atoms with Crippen LogP contribution in [0.2, 0.25) is 0 Å². The van der Waals surface area contributed by atoms with Crippen molar-refractivity contribution < 1.29 is 14.7 Å². The van der Waals surface area contributed by atoms with Crippen molar-refractivity contribution >= 4 is 11.6 Å². The van der Waals surface area contributed by atoms with Crippen LogP contribution in [0.3, 0.4) is 0 Å². The molecule has 1 aromatic carbocycles. The molecule has 0 aliphatic carbocycles. The lowest BCUT2D eigenvalue weighted by molar-refractivity contribution is -0.113. The Morgan fingerprint density at radius 2 is 1.90 bits per heavy atom. The monoisotopic (exact) mass is 286 g/mol. The molecular weight excluding hydrogens is 264 g/mol. The lowest BCUT2D eigenvalue weighted by Gasteiger charge is -2.15. The Labute approximate surface area is 126 Å². The van der Waals surface area contributed by atoms with Crippen LogP contribution in [-0.4, -0.2) is 23.3 Å². The third-order valence-electron chi connectivity index (χ3n) is 3.52. The van der Waals surface area contributed by atoms with E-state index in [2.05, 4.69) is 13.2 Å². The fourth-order valence-electron chi connectivity index (χ4n) is 2.07. The largest absolute Gasteiger partial charge is 0.396 e. The van der Waals surface area contributed by atoms with Gasteiger partial charge >= 0.3 is 0 Å². The van der Waals surface area contributed by atoms with Crippen LogP contribution in [0.5, 0.6) is 0 Å². The van der Waals surface area contributed by atoms with Crippen LogP contribution in [0.25, 0.3) is 0 Å². The lowest BCUT2D eigenvalue weighted by Crippen LogP contribution is -2.08. The zero-order chi connectivity index (χ0) is 16.0. The molecule has 1 aromatic rings. The quantitative estimate of drug-likeness (QED) is 0.588. The number of hydrogen-bond acceptors (Lipinski definition) is 3. The highest BCUT2D eigenvalue weighted by Gasteiger charge is 2.14. The Bertz CT molecular complexity index is 570. The van der Waals surface area contributed by atoms with Crippen molar-refractivity contribution in [2.45, 2.75) is 32.6 Å². The Hall–Kier alpha value is -2.00. The SMILES string of the molecule is C=C(C)C(=O)c1cccc([C@@H](CO)CCC(=C)C(C)=O)c1. The Kier molecular flexibility index (Phi) is 6.25. The predicted octanol–water partition coefficient (Wildman–Crippen LogP) is 3.45. The van der Waals surface area contributed by atoms with Crippen LogP contribution in [-0.2, 0) is 4.79 Å². The van der Waals surface area contributed by atoms with Gasteiger partial charge in [0.15, 0.2) is 11.6 Å². The molecule has 0 spiro atoms. The van der Waals surface area contributed by atoms with Gasteiger partial charge in [0, 0.05) is 18.1 Å². The Morgan fingerprint density at radius 1 is 1.24 bits per heavy atom. The molecule has 0 saturated heterocycles. The fraction of sp³-hybridized carbons (Fsp3) is 0.333. The molecule has 0 aliphatic heterocycles. The average Bonchev–Trinajstić information content (AvgIpc) is 2.46. The molecule has 21 heavy (non-hydrogen) atoms. The minimum Gasteiger partial charge on any atom is -0.396 e. The van der Waals surface area contributed by atoms with Gasteiger partial charge in [-0.2, -0.15) is 0 Å². The van der Waals surface area contributed by atoms with Gasteiger partial charge in [-0.15, -0.1) is 0 Å². The number of allylic oxidation sites excluding steroid dienone is 2. The molecule has 0 amide bonds. The topological polar surface area (TPSA) is 54.4 Å². The maximum Gasteiger partial charge on any atom is 0.188 e. The fourth-order valence-corrected chi connectivity index (χ4v) is 2.07. The van der Waals surface area contributed by atoms with E-state index in [0.29, 0.717) is 29.6 Å². The second kappa shape index (κ2) is 7.70. The Morgan fingerprint density at radius 3 is 2.43 bits per heavy atom. The number of benzene rings is 1. The summed E-state index contributed by atoms with van der Waals surface area (Å²) in [4.78, 5) is 23.1. The van der Waals surface area contributed by atoms with Crippen molar-refractivity contribution in [3.8, 4) is 0 Å². The number of carbonyl (C=O) groups is 2. The number of carbonyl (C=O) groups excluding carboxylic acids is 2. The summed E-state index contributed by atoms with van der Waals surface area (Å²) in [5.74, 6) is -0.237. The van der Waals surface area contributed by atoms with E-state index in [0.717, 1.165) is 5.56 Å². The van der Waals surface area contributed by atoms with Crippen molar-refractivity contribution in [1.82, 2.24) is 0 Å². The second-order valence-corrected chi connectivity index (χ2v) is 5.31. The van der Waals surface area contributed by atoms with Gasteiger partial charge in [-0.05, 0) is 49.5 Å². The molecule has 112 valence electrons. The highest BCUT2D eigenvalue weighted by Crippen LogP contribution is 2.24. The maximum absolute atomic E-state index is 11.9. The normalized spacial score (nSPS) is 11.8. The predicted molar refractivity (Wildman–Crippen MR) is 84.5 cm³/mol. The number of aliphatic hydroxyl groups excluding tert-OH is 1. The highest BCUT2D eigenvalue weighted by atomic mass is 16.3. The molecule has 0 bridgehead atoms. The molecule has 0 radical (unpaired) electrons. The van der Waals surface area contributed by atoms with Gasteiger partial charge in [-0.1, -0.05) is 31.4 Å². The van der Waals surface area contributed by atoms with E-state index in [-0.39, 0.29) is 24.1 Å². The van der Waals surface area contributed by atoms with E-state index in [4.69, 9.17) is 0 Å². The zero-order valence-electron chi connectivity index (χ0n) is 12.7. The van der Waals surface area contributed by atoms with Crippen molar-refractivity contribution in [3.05, 3.63) is 59.7 Å². The number of hydrogen-bond donors (Lipinski definition) is 1. The second-order valence-electron chi connectivity index (χ2n) is 5.31. The van der Waals surface area contributed by atoms with Gasteiger partial charge in [0.25, 0.3) is 0 Å². The summed E-state index contributed by atoms with van der Waals surface area (Å²) in [5.41, 5.74) is 2.50. The van der Waals surface area contributed by atoms with Gasteiger partial charge in [0.05, 0.1) is 0 Å². The van der Waals surface area contributed by atoms with Crippen molar-refractivity contribution in [3.63, 3.8) is 0 Å². The van der Waals surface area contributed by atoms with Gasteiger partial charge in [0.1, 0.15) is 0 Å². The van der Waals surface area contributed by atoms with E-state index in [9.17, 15) is 14.7 Å². The third kappa shape index (κ3) is 4.80. The highest BCUT2D eigenvalue weighted by molar-refractivity contribution is 6.07. The van der Waals surface area contributed by atoms with Gasteiger partial charge in [-0.25, -0.2) is 0 Å². The van der Waals surface area contributed by atoms with Crippen LogP contribution in [0, 0.1) is 0 Å². The first kappa shape index (κ1) is 17.1. The minimum absolute atomic E-state index is 0.0297. The van der Waals surface area contributed by atoms with Crippen LogP contribution in [0.1, 0.15) is 48.5 Å². The number of rotatable bonds is 8. The van der Waals surface area contributed by atoms with Crippen molar-refractivity contribution in [2.24, 2.45) is 0 Å². The van der Waals surface area contributed by atoms with E-state index < -0.39 is 0 Å². The van der Waals surface area contributed by atoms with Crippen LogP contribution >= 0.6 is 0 Å². The van der Waals surface area contributed by atoms with Crippen LogP contribution < -0.4 is 0 Å². The van der Waals surface area contributed by atoms with Gasteiger partial charge in [-0.3, -0.25) is 9.59 Å². The molecule has 3 heteroatoms. The number of ketones is 2. The molecule has 3 nitrogen and oxygen atoms in total. The summed E-state index contributed by atoms with van der Waals surface area (Å²) in [6.45, 7) is 10.5. The minimum atomic E-state index is -0.112. The summed E-state index contributed by atoms with van der Waals surface area (Å²) in [6, 6.07) is 7.21. The molecule has 0 unspecified atom stereocenters. The molecule has 0 heterocycles. The summed E-state index contributed by atoms with van der Waals surface area (Å²) < 4.78 is 0. The maximum atomic E-state index is 11.9. The van der Waals surface area contributed by atoms with Crippen molar-refractivity contribution in [2.75, 3.05) is 6.61 Å². The first-order valence-corrected chi connectivity index (χ1v) is 6.96. The van der Waals surface area contributed by atoms with E-state index in [1.54, 1.807) is 25.1 Å². The third-order valence-corrected chi connectivity index (χ3v) is 3.52. The molecule has 1 rings (SSSR count). The molecule has 1 atom stereocenters.